The van der Waals surface area contributed by atoms with Gasteiger partial charge in [0.25, 0.3) is 0 Å². The zero-order valence-electron chi connectivity index (χ0n) is 14.7. The van der Waals surface area contributed by atoms with Crippen molar-refractivity contribution in [2.75, 3.05) is 20.3 Å². The number of nitrogens with zero attached hydrogens (tertiary/aromatic N) is 1. The maximum Gasteiger partial charge on any atom is 0.118 e. The zero-order chi connectivity index (χ0) is 16.0. The second-order valence-electron chi connectivity index (χ2n) is 6.95. The van der Waals surface area contributed by atoms with E-state index in [1.54, 1.807) is 7.11 Å². The first-order valence-electron chi connectivity index (χ1n) is 7.79. The van der Waals surface area contributed by atoms with Crippen molar-refractivity contribution in [1.29, 1.82) is 0 Å². The van der Waals surface area contributed by atoms with Crippen LogP contribution in [0.1, 0.15) is 51.7 Å². The van der Waals surface area contributed by atoms with Crippen molar-refractivity contribution in [2.24, 2.45) is 0 Å². The number of aryl methyl sites for hydroxylation is 1. The quantitative estimate of drug-likeness (QED) is 0.798. The van der Waals surface area contributed by atoms with Crippen LogP contribution in [0, 0.1) is 6.92 Å². The highest BCUT2D eigenvalue weighted by Gasteiger charge is 2.16. The number of rotatable bonds is 8. The number of nitrogens with one attached hydrogen (secondary N) is 1. The molecule has 0 aliphatic carbocycles. The number of hydrogen-bond acceptors (Lipinski definition) is 4. The lowest BCUT2D eigenvalue weighted by atomic mass is 10.1. The van der Waals surface area contributed by atoms with Gasteiger partial charge in [-0.2, -0.15) is 0 Å². The fraction of sp³-hybridized carbons (Fsp3) is 0.765. The summed E-state index contributed by atoms with van der Waals surface area (Å²) < 4.78 is 11.1. The Kier molecular flexibility index (Phi) is 6.91. The Morgan fingerprint density at radius 3 is 2.52 bits per heavy atom. The van der Waals surface area contributed by atoms with Gasteiger partial charge in [0.2, 0.25) is 0 Å². The van der Waals surface area contributed by atoms with Crippen LogP contribution in [0.4, 0.5) is 0 Å². The summed E-state index contributed by atoms with van der Waals surface area (Å²) >= 11 is 0. The molecule has 0 saturated carbocycles. The van der Waals surface area contributed by atoms with Crippen molar-refractivity contribution in [3.8, 4) is 0 Å². The Hall–Kier alpha value is -0.840. The molecular formula is C17H32N2O2. The molecule has 0 saturated heterocycles. The molecule has 0 aliphatic heterocycles. The normalized spacial score (nSPS) is 12.6. The predicted octanol–water partition coefficient (Wildman–Crippen LogP) is 3.33. The van der Waals surface area contributed by atoms with Gasteiger partial charge >= 0.3 is 0 Å². The Labute approximate surface area is 129 Å². The number of furan rings is 1. The van der Waals surface area contributed by atoms with Crippen molar-refractivity contribution in [1.82, 2.24) is 10.2 Å². The summed E-state index contributed by atoms with van der Waals surface area (Å²) in [7, 11) is 1.74. The Bertz CT molecular complexity index is 419. The molecular weight excluding hydrogens is 264 g/mol. The summed E-state index contributed by atoms with van der Waals surface area (Å²) in [6.07, 6.45) is 0. The van der Waals surface area contributed by atoms with Crippen LogP contribution < -0.4 is 5.32 Å². The third kappa shape index (κ3) is 6.64. The van der Waals surface area contributed by atoms with E-state index >= 15 is 0 Å². The molecule has 0 radical (unpaired) electrons. The van der Waals surface area contributed by atoms with Crippen LogP contribution in [0.5, 0.6) is 0 Å². The molecule has 4 heteroatoms. The molecule has 0 aromatic carbocycles. The van der Waals surface area contributed by atoms with E-state index in [0.717, 1.165) is 37.8 Å². The van der Waals surface area contributed by atoms with E-state index < -0.39 is 0 Å². The van der Waals surface area contributed by atoms with E-state index in [0.29, 0.717) is 6.04 Å². The van der Waals surface area contributed by atoms with Crippen LogP contribution >= 0.6 is 0 Å². The first-order chi connectivity index (χ1) is 9.73. The van der Waals surface area contributed by atoms with E-state index in [1.807, 2.05) is 6.92 Å². The fourth-order valence-electron chi connectivity index (χ4n) is 2.13. The lowest BCUT2D eigenvalue weighted by molar-refractivity contribution is 0.119. The predicted molar refractivity (Wildman–Crippen MR) is 87.5 cm³/mol. The molecule has 0 atom stereocenters. The second kappa shape index (κ2) is 7.97. The highest BCUT2D eigenvalue weighted by atomic mass is 16.5. The van der Waals surface area contributed by atoms with E-state index in [1.165, 1.54) is 5.56 Å². The van der Waals surface area contributed by atoms with Gasteiger partial charge in [0.05, 0.1) is 13.2 Å². The summed E-state index contributed by atoms with van der Waals surface area (Å²) in [5.41, 5.74) is 1.36. The van der Waals surface area contributed by atoms with Gasteiger partial charge < -0.3 is 14.5 Å². The van der Waals surface area contributed by atoms with Crippen LogP contribution in [0.3, 0.4) is 0 Å². The van der Waals surface area contributed by atoms with E-state index in [4.69, 9.17) is 9.15 Å². The standard InChI is InChI=1S/C17H32N2O2/c1-13(2)19(8-9-20-7)12-16-10-15(14(3)21-16)11-18-17(4,5)6/h10,13,18H,8-9,11-12H2,1-7H3. The van der Waals surface area contributed by atoms with Gasteiger partial charge in [0.1, 0.15) is 11.5 Å². The maximum atomic E-state index is 5.92. The van der Waals surface area contributed by atoms with Crippen molar-refractivity contribution in [3.63, 3.8) is 0 Å². The third-order valence-corrected chi connectivity index (χ3v) is 3.55. The van der Waals surface area contributed by atoms with Crippen LogP contribution in [0.25, 0.3) is 0 Å². The van der Waals surface area contributed by atoms with Crippen molar-refractivity contribution < 1.29 is 9.15 Å². The molecule has 0 spiro atoms. The van der Waals surface area contributed by atoms with Gasteiger partial charge in [-0.1, -0.05) is 0 Å². The summed E-state index contributed by atoms with van der Waals surface area (Å²) in [5, 5.41) is 3.51. The third-order valence-electron chi connectivity index (χ3n) is 3.55. The van der Waals surface area contributed by atoms with E-state index in [9.17, 15) is 0 Å². The first kappa shape index (κ1) is 18.2. The number of methoxy groups -OCH3 is 1. The zero-order valence-corrected chi connectivity index (χ0v) is 14.7. The molecule has 1 heterocycles. The van der Waals surface area contributed by atoms with Gasteiger partial charge in [0.15, 0.2) is 0 Å². The molecule has 1 aromatic heterocycles. The molecule has 1 aromatic rings. The molecule has 0 aliphatic rings. The molecule has 1 N–H and O–H groups in total. The maximum absolute atomic E-state index is 5.92. The molecule has 0 amide bonds. The van der Waals surface area contributed by atoms with Gasteiger partial charge in [-0.3, -0.25) is 4.90 Å². The Morgan fingerprint density at radius 2 is 2.00 bits per heavy atom. The molecule has 0 fully saturated rings. The van der Waals surface area contributed by atoms with Gasteiger partial charge in [-0.15, -0.1) is 0 Å². The highest BCUT2D eigenvalue weighted by molar-refractivity contribution is 5.21. The Morgan fingerprint density at radius 1 is 1.33 bits per heavy atom. The summed E-state index contributed by atoms with van der Waals surface area (Å²) in [4.78, 5) is 2.36. The topological polar surface area (TPSA) is 37.6 Å². The minimum atomic E-state index is 0.117. The minimum Gasteiger partial charge on any atom is -0.465 e. The highest BCUT2D eigenvalue weighted by Crippen LogP contribution is 2.18. The van der Waals surface area contributed by atoms with Gasteiger partial charge in [0, 0.05) is 37.3 Å². The lowest BCUT2D eigenvalue weighted by Gasteiger charge is -2.24. The van der Waals surface area contributed by atoms with Crippen LogP contribution in [0.2, 0.25) is 0 Å². The number of hydrogen-bond donors (Lipinski definition) is 1. The van der Waals surface area contributed by atoms with Gasteiger partial charge in [-0.25, -0.2) is 0 Å². The SMILES string of the molecule is COCCN(Cc1cc(CNC(C)(C)C)c(C)o1)C(C)C. The summed E-state index contributed by atoms with van der Waals surface area (Å²) in [6, 6.07) is 2.65. The summed E-state index contributed by atoms with van der Waals surface area (Å²) in [5.74, 6) is 2.04. The van der Waals surface area contributed by atoms with Gasteiger partial charge in [-0.05, 0) is 47.6 Å². The second-order valence-corrected chi connectivity index (χ2v) is 6.95. The average Bonchev–Trinajstić information content (AvgIpc) is 2.71. The molecule has 122 valence electrons. The first-order valence-corrected chi connectivity index (χ1v) is 7.79. The Balaban J connectivity index is 2.67. The minimum absolute atomic E-state index is 0.117. The van der Waals surface area contributed by atoms with Crippen molar-refractivity contribution in [3.05, 3.63) is 23.2 Å². The van der Waals surface area contributed by atoms with E-state index in [2.05, 4.69) is 50.9 Å². The van der Waals surface area contributed by atoms with Crippen molar-refractivity contribution in [2.45, 2.75) is 66.2 Å². The van der Waals surface area contributed by atoms with Crippen LogP contribution in [0.15, 0.2) is 10.5 Å². The molecule has 4 nitrogen and oxygen atoms in total. The van der Waals surface area contributed by atoms with E-state index in [-0.39, 0.29) is 5.54 Å². The summed E-state index contributed by atoms with van der Waals surface area (Å²) in [6.45, 7) is 16.3. The largest absolute Gasteiger partial charge is 0.465 e. The molecule has 0 unspecified atom stereocenters. The smallest absolute Gasteiger partial charge is 0.118 e. The monoisotopic (exact) mass is 296 g/mol. The molecule has 0 bridgehead atoms. The van der Waals surface area contributed by atoms with Crippen LogP contribution in [-0.2, 0) is 17.8 Å². The number of ether oxygens (including phenoxy) is 1. The van der Waals surface area contributed by atoms with Crippen LogP contribution in [-0.4, -0.2) is 36.7 Å². The van der Waals surface area contributed by atoms with Crippen molar-refractivity contribution >= 4 is 0 Å². The molecule has 21 heavy (non-hydrogen) atoms. The lowest BCUT2D eigenvalue weighted by Crippen LogP contribution is -2.35. The fourth-order valence-corrected chi connectivity index (χ4v) is 2.13. The molecule has 1 rings (SSSR count). The average molecular weight is 296 g/mol.